The average Bonchev–Trinajstić information content (AvgIpc) is 2.62. The van der Waals surface area contributed by atoms with Gasteiger partial charge in [-0.25, -0.2) is 13.1 Å². The summed E-state index contributed by atoms with van der Waals surface area (Å²) in [6, 6.07) is 0. The van der Waals surface area contributed by atoms with E-state index in [4.69, 9.17) is 9.47 Å². The Labute approximate surface area is 175 Å². The van der Waals surface area contributed by atoms with Crippen molar-refractivity contribution in [2.24, 2.45) is 4.99 Å². The van der Waals surface area contributed by atoms with Gasteiger partial charge in [0.25, 0.3) is 0 Å². The molecule has 0 aromatic rings. The molecule has 0 bridgehead atoms. The number of halogens is 1. The van der Waals surface area contributed by atoms with E-state index in [1.165, 1.54) is 0 Å². The molecule has 1 unspecified atom stereocenters. The van der Waals surface area contributed by atoms with E-state index < -0.39 is 10.0 Å². The second-order valence-corrected chi connectivity index (χ2v) is 7.91. The molecule has 1 rings (SSSR count). The van der Waals surface area contributed by atoms with Gasteiger partial charge in [0.05, 0.1) is 11.9 Å². The van der Waals surface area contributed by atoms with Crippen molar-refractivity contribution in [2.45, 2.75) is 45.1 Å². The third-order valence-electron chi connectivity index (χ3n) is 3.90. The van der Waals surface area contributed by atoms with Gasteiger partial charge >= 0.3 is 0 Å². The molecule has 26 heavy (non-hydrogen) atoms. The van der Waals surface area contributed by atoms with Gasteiger partial charge in [0.2, 0.25) is 10.0 Å². The fourth-order valence-corrected chi connectivity index (χ4v) is 3.42. The first-order valence-corrected chi connectivity index (χ1v) is 10.8. The van der Waals surface area contributed by atoms with Crippen LogP contribution >= 0.6 is 24.0 Å². The maximum absolute atomic E-state index is 12.0. The molecule has 0 spiro atoms. The highest BCUT2D eigenvalue weighted by Crippen LogP contribution is 2.11. The highest BCUT2D eigenvalue weighted by Gasteiger charge is 2.17. The number of hydrogen-bond acceptors (Lipinski definition) is 5. The van der Waals surface area contributed by atoms with Crippen molar-refractivity contribution < 1.29 is 17.9 Å². The third-order valence-corrected chi connectivity index (χ3v) is 5.25. The van der Waals surface area contributed by atoms with Gasteiger partial charge in [-0.05, 0) is 39.0 Å². The fourth-order valence-electron chi connectivity index (χ4n) is 2.47. The highest BCUT2D eigenvalue weighted by molar-refractivity contribution is 14.0. The van der Waals surface area contributed by atoms with Gasteiger partial charge in [-0.1, -0.05) is 0 Å². The Bertz CT molecular complexity index is 471. The molecule has 8 nitrogen and oxygen atoms in total. The summed E-state index contributed by atoms with van der Waals surface area (Å²) in [5.74, 6) is 0.618. The van der Waals surface area contributed by atoms with Gasteiger partial charge < -0.3 is 20.1 Å². The monoisotopic (exact) mass is 506 g/mol. The van der Waals surface area contributed by atoms with E-state index in [9.17, 15) is 8.42 Å². The lowest BCUT2D eigenvalue weighted by Gasteiger charge is -2.22. The first-order valence-electron chi connectivity index (χ1n) is 9.18. The van der Waals surface area contributed by atoms with Crippen LogP contribution in [0.4, 0.5) is 0 Å². The molecule has 0 aliphatic carbocycles. The lowest BCUT2D eigenvalue weighted by molar-refractivity contribution is 0.0200. The lowest BCUT2D eigenvalue weighted by atomic mass is 10.1. The van der Waals surface area contributed by atoms with Gasteiger partial charge in [0, 0.05) is 46.5 Å². The zero-order valence-electron chi connectivity index (χ0n) is 16.0. The molecule has 1 heterocycles. The molecule has 156 valence electrons. The van der Waals surface area contributed by atoms with Crippen LogP contribution in [-0.2, 0) is 19.5 Å². The predicted molar refractivity (Wildman–Crippen MR) is 116 cm³/mol. The summed E-state index contributed by atoms with van der Waals surface area (Å²) in [4.78, 5) is 4.09. The molecule has 0 radical (unpaired) electrons. The standard InChI is InChI=1S/C16H34N4O4S.HI/c1-3-23-11-7-5-9-18-16(17-2)19-10-13-25(21,22)20-14-15-8-4-6-12-24-15;/h15,20H,3-14H2,1-2H3,(H2,17,18,19);1H. The summed E-state index contributed by atoms with van der Waals surface area (Å²) in [6.07, 6.45) is 5.04. The smallest absolute Gasteiger partial charge is 0.213 e. The van der Waals surface area contributed by atoms with Crippen molar-refractivity contribution in [1.82, 2.24) is 15.4 Å². The molecule has 0 aromatic heterocycles. The van der Waals surface area contributed by atoms with Crippen molar-refractivity contribution >= 4 is 40.0 Å². The molecule has 1 aliphatic heterocycles. The van der Waals surface area contributed by atoms with E-state index in [0.717, 1.165) is 58.5 Å². The molecule has 10 heteroatoms. The van der Waals surface area contributed by atoms with Crippen molar-refractivity contribution in [3.8, 4) is 0 Å². The number of ether oxygens (including phenoxy) is 2. The molecule has 1 atom stereocenters. The molecule has 1 fully saturated rings. The molecule has 0 aromatic carbocycles. The molecule has 3 N–H and O–H groups in total. The minimum Gasteiger partial charge on any atom is -0.382 e. The Morgan fingerprint density at radius 1 is 1.23 bits per heavy atom. The summed E-state index contributed by atoms with van der Waals surface area (Å²) in [5.41, 5.74) is 0. The van der Waals surface area contributed by atoms with Gasteiger partial charge in [0.15, 0.2) is 5.96 Å². The second-order valence-electron chi connectivity index (χ2n) is 5.99. The minimum atomic E-state index is -3.31. The lowest BCUT2D eigenvalue weighted by Crippen LogP contribution is -2.42. The van der Waals surface area contributed by atoms with Crippen molar-refractivity contribution in [3.05, 3.63) is 0 Å². The number of nitrogens with one attached hydrogen (secondary N) is 3. The van der Waals surface area contributed by atoms with E-state index in [0.29, 0.717) is 19.0 Å². The Hall–Kier alpha value is -0.170. The summed E-state index contributed by atoms with van der Waals surface area (Å²) in [7, 11) is -1.64. The van der Waals surface area contributed by atoms with Crippen LogP contribution in [0.25, 0.3) is 0 Å². The summed E-state index contributed by atoms with van der Waals surface area (Å²) in [5, 5.41) is 6.19. The maximum atomic E-state index is 12.0. The first-order chi connectivity index (χ1) is 12.1. The number of sulfonamides is 1. The van der Waals surface area contributed by atoms with Crippen LogP contribution in [-0.4, -0.2) is 72.7 Å². The topological polar surface area (TPSA) is 101 Å². The molecule has 0 saturated carbocycles. The van der Waals surface area contributed by atoms with Crippen LogP contribution in [0.5, 0.6) is 0 Å². The number of unbranched alkanes of at least 4 members (excludes halogenated alkanes) is 1. The Kier molecular flexibility index (Phi) is 15.7. The van der Waals surface area contributed by atoms with Crippen LogP contribution < -0.4 is 15.4 Å². The summed E-state index contributed by atoms with van der Waals surface area (Å²) < 4.78 is 37.5. The van der Waals surface area contributed by atoms with Crippen LogP contribution in [0.1, 0.15) is 39.0 Å². The minimum absolute atomic E-state index is 0. The van der Waals surface area contributed by atoms with Gasteiger partial charge in [0.1, 0.15) is 0 Å². The zero-order valence-corrected chi connectivity index (χ0v) is 19.1. The van der Waals surface area contributed by atoms with Crippen LogP contribution in [0.3, 0.4) is 0 Å². The Morgan fingerprint density at radius 2 is 2.00 bits per heavy atom. The number of nitrogens with zero attached hydrogens (tertiary/aromatic N) is 1. The number of rotatable bonds is 12. The number of aliphatic imine (C=N–C) groups is 1. The predicted octanol–water partition coefficient (Wildman–Crippen LogP) is 1.07. The fraction of sp³-hybridized carbons (Fsp3) is 0.938. The van der Waals surface area contributed by atoms with Crippen molar-refractivity contribution in [3.63, 3.8) is 0 Å². The molecular weight excluding hydrogens is 471 g/mol. The zero-order chi connectivity index (χ0) is 18.4. The SMILES string of the molecule is CCOCCCCNC(=NC)NCCS(=O)(=O)NCC1CCCCO1.I. The van der Waals surface area contributed by atoms with Crippen LogP contribution in [0.2, 0.25) is 0 Å². The number of hydrogen-bond donors (Lipinski definition) is 3. The quantitative estimate of drug-likeness (QED) is 0.159. The van der Waals surface area contributed by atoms with Gasteiger partial charge in [-0.2, -0.15) is 0 Å². The molecule has 1 saturated heterocycles. The Balaban J connectivity index is 0.00000625. The van der Waals surface area contributed by atoms with E-state index in [1.54, 1.807) is 7.05 Å². The van der Waals surface area contributed by atoms with Gasteiger partial charge in [-0.15, -0.1) is 24.0 Å². The molecule has 0 amide bonds. The highest BCUT2D eigenvalue weighted by atomic mass is 127. The second kappa shape index (κ2) is 15.8. The van der Waals surface area contributed by atoms with E-state index in [2.05, 4.69) is 20.3 Å². The Morgan fingerprint density at radius 3 is 2.65 bits per heavy atom. The van der Waals surface area contributed by atoms with E-state index >= 15 is 0 Å². The number of guanidine groups is 1. The van der Waals surface area contributed by atoms with Gasteiger partial charge in [-0.3, -0.25) is 4.99 Å². The van der Waals surface area contributed by atoms with E-state index in [1.807, 2.05) is 6.92 Å². The maximum Gasteiger partial charge on any atom is 0.213 e. The third kappa shape index (κ3) is 13.1. The largest absolute Gasteiger partial charge is 0.382 e. The van der Waals surface area contributed by atoms with Crippen LogP contribution in [0, 0.1) is 0 Å². The first kappa shape index (κ1) is 25.8. The summed E-state index contributed by atoms with van der Waals surface area (Å²) in [6.45, 7) is 5.64. The molecular formula is C16H35IN4O4S. The van der Waals surface area contributed by atoms with Crippen molar-refractivity contribution in [1.29, 1.82) is 0 Å². The van der Waals surface area contributed by atoms with Crippen molar-refractivity contribution in [2.75, 3.05) is 52.3 Å². The van der Waals surface area contributed by atoms with E-state index in [-0.39, 0.29) is 35.8 Å². The summed E-state index contributed by atoms with van der Waals surface area (Å²) >= 11 is 0. The van der Waals surface area contributed by atoms with Crippen LogP contribution in [0.15, 0.2) is 4.99 Å². The average molecular weight is 506 g/mol. The normalized spacial score (nSPS) is 18.2. The molecule has 1 aliphatic rings.